The van der Waals surface area contributed by atoms with E-state index in [1.165, 1.54) is 0 Å². The zero-order chi connectivity index (χ0) is 15.8. The van der Waals surface area contributed by atoms with Crippen LogP contribution in [0.5, 0.6) is 0 Å². The first-order chi connectivity index (χ1) is 8.86. The summed E-state index contributed by atoms with van der Waals surface area (Å²) in [5.41, 5.74) is 4.01. The summed E-state index contributed by atoms with van der Waals surface area (Å²) in [6, 6.07) is 0. The van der Waals surface area contributed by atoms with Gasteiger partial charge in [0.2, 0.25) is 0 Å². The molecule has 1 aliphatic rings. The lowest BCUT2D eigenvalue weighted by molar-refractivity contribution is -0.0137. The second-order valence-corrected chi connectivity index (χ2v) is 7.24. The maximum absolute atomic E-state index is 13.4. The van der Waals surface area contributed by atoms with E-state index in [1.807, 2.05) is 13.8 Å². The van der Waals surface area contributed by atoms with Crippen molar-refractivity contribution in [2.45, 2.75) is 64.5 Å². The molecule has 0 spiro atoms. The summed E-state index contributed by atoms with van der Waals surface area (Å²) < 4.78 is 32.1. The van der Waals surface area contributed by atoms with Crippen LogP contribution in [0.4, 0.5) is 13.6 Å². The summed E-state index contributed by atoms with van der Waals surface area (Å²) in [5, 5.41) is 0. The van der Waals surface area contributed by atoms with Crippen LogP contribution in [-0.2, 0) is 4.74 Å². The smallest absolute Gasteiger partial charge is 0.410 e. The largest absolute Gasteiger partial charge is 0.444 e. The predicted octanol–water partition coefficient (Wildman–Crippen LogP) is 3.01. The number of amides is 1. The van der Waals surface area contributed by atoms with Crippen molar-refractivity contribution in [2.24, 2.45) is 11.7 Å². The van der Waals surface area contributed by atoms with Crippen molar-refractivity contribution in [3.63, 3.8) is 0 Å². The molecule has 0 aromatic rings. The maximum atomic E-state index is 13.4. The van der Waals surface area contributed by atoms with Crippen molar-refractivity contribution in [2.75, 3.05) is 13.1 Å². The highest BCUT2D eigenvalue weighted by atomic mass is 19.3. The molecular weight excluding hydrogens is 266 g/mol. The summed E-state index contributed by atoms with van der Waals surface area (Å²) in [4.78, 5) is 13.7. The molecule has 4 nitrogen and oxygen atoms in total. The molecule has 1 heterocycles. The molecule has 1 rings (SSSR count). The third kappa shape index (κ3) is 4.58. The number of likely N-dealkylation sites (tertiary alicyclic amines) is 1. The first kappa shape index (κ1) is 17.1. The van der Waals surface area contributed by atoms with Gasteiger partial charge in [0.05, 0.1) is 6.54 Å². The zero-order valence-corrected chi connectivity index (χ0v) is 13.0. The number of rotatable bonds is 3. The molecule has 1 amide bonds. The topological polar surface area (TPSA) is 55.6 Å². The highest BCUT2D eigenvalue weighted by molar-refractivity contribution is 5.69. The lowest BCUT2D eigenvalue weighted by Gasteiger charge is -2.33. The van der Waals surface area contributed by atoms with E-state index in [9.17, 15) is 13.6 Å². The fraction of sp³-hybridized carbons (Fsp3) is 0.929. The Morgan fingerprint density at radius 2 is 1.95 bits per heavy atom. The van der Waals surface area contributed by atoms with Crippen LogP contribution in [0.3, 0.4) is 0 Å². The zero-order valence-electron chi connectivity index (χ0n) is 13.0. The molecule has 20 heavy (non-hydrogen) atoms. The van der Waals surface area contributed by atoms with Gasteiger partial charge in [0, 0.05) is 18.5 Å². The summed E-state index contributed by atoms with van der Waals surface area (Å²) >= 11 is 0. The number of alkyl halides is 2. The average Bonchev–Trinajstić information content (AvgIpc) is 2.50. The molecule has 118 valence electrons. The molecule has 0 radical (unpaired) electrons. The molecule has 0 aromatic carbocycles. The Morgan fingerprint density at radius 1 is 1.40 bits per heavy atom. The monoisotopic (exact) mass is 292 g/mol. The molecule has 2 N–H and O–H groups in total. The molecule has 1 aliphatic heterocycles. The highest BCUT2D eigenvalue weighted by Gasteiger charge is 2.45. The van der Waals surface area contributed by atoms with Crippen LogP contribution >= 0.6 is 0 Å². The van der Waals surface area contributed by atoms with Gasteiger partial charge in [-0.1, -0.05) is 0 Å². The third-order valence-corrected chi connectivity index (χ3v) is 3.46. The van der Waals surface area contributed by atoms with Crippen LogP contribution in [0.15, 0.2) is 0 Å². The summed E-state index contributed by atoms with van der Waals surface area (Å²) in [6.07, 6.45) is -0.199. The van der Waals surface area contributed by atoms with Gasteiger partial charge in [0.25, 0.3) is 5.92 Å². The Hall–Kier alpha value is -0.910. The van der Waals surface area contributed by atoms with E-state index < -0.39 is 29.7 Å². The number of nitrogens with two attached hydrogens (primary N) is 1. The minimum atomic E-state index is -2.87. The van der Waals surface area contributed by atoms with Crippen molar-refractivity contribution in [3.05, 3.63) is 0 Å². The van der Waals surface area contributed by atoms with Crippen molar-refractivity contribution in [3.8, 4) is 0 Å². The first-order valence-electron chi connectivity index (χ1n) is 6.95. The van der Waals surface area contributed by atoms with Gasteiger partial charge < -0.3 is 15.4 Å². The first-order valence-corrected chi connectivity index (χ1v) is 6.95. The summed E-state index contributed by atoms with van der Waals surface area (Å²) in [6.45, 7) is 8.74. The van der Waals surface area contributed by atoms with Crippen molar-refractivity contribution in [1.29, 1.82) is 0 Å². The molecule has 1 saturated heterocycles. The number of carbonyl (C=O) groups is 1. The SMILES string of the molecule is CC(C)(C)OC(=O)N1C[C@H](CC(F)(F)CN)CC1(C)C. The van der Waals surface area contributed by atoms with Gasteiger partial charge >= 0.3 is 6.09 Å². The molecule has 0 aliphatic carbocycles. The number of ether oxygens (including phenoxy) is 1. The van der Waals surface area contributed by atoms with E-state index in [-0.39, 0.29) is 18.9 Å². The van der Waals surface area contributed by atoms with Crippen molar-refractivity contribution < 1.29 is 18.3 Å². The normalized spacial score (nSPS) is 23.0. The van der Waals surface area contributed by atoms with Crippen LogP contribution in [0.25, 0.3) is 0 Å². The second kappa shape index (κ2) is 5.47. The Balaban J connectivity index is 2.73. The molecule has 0 aromatic heterocycles. The molecule has 0 unspecified atom stereocenters. The van der Waals surface area contributed by atoms with E-state index in [0.29, 0.717) is 6.42 Å². The van der Waals surface area contributed by atoms with E-state index in [1.54, 1.807) is 25.7 Å². The van der Waals surface area contributed by atoms with Gasteiger partial charge in [0.1, 0.15) is 5.60 Å². The van der Waals surface area contributed by atoms with Crippen LogP contribution < -0.4 is 5.73 Å². The second-order valence-electron chi connectivity index (χ2n) is 7.24. The molecule has 1 atom stereocenters. The van der Waals surface area contributed by atoms with Gasteiger partial charge in [0.15, 0.2) is 0 Å². The van der Waals surface area contributed by atoms with Gasteiger partial charge in [-0.15, -0.1) is 0 Å². The summed E-state index contributed by atoms with van der Waals surface area (Å²) in [7, 11) is 0. The number of carbonyl (C=O) groups excluding carboxylic acids is 1. The molecular formula is C14H26F2N2O2. The number of hydrogen-bond donors (Lipinski definition) is 1. The average molecular weight is 292 g/mol. The lowest BCUT2D eigenvalue weighted by Crippen LogP contribution is -2.45. The van der Waals surface area contributed by atoms with Crippen LogP contribution in [-0.4, -0.2) is 41.1 Å². The Bertz CT molecular complexity index is 365. The maximum Gasteiger partial charge on any atom is 0.410 e. The van der Waals surface area contributed by atoms with Gasteiger partial charge in [-0.05, 0) is 47.0 Å². The number of hydrogen-bond acceptors (Lipinski definition) is 3. The Morgan fingerprint density at radius 3 is 2.40 bits per heavy atom. The quantitative estimate of drug-likeness (QED) is 0.870. The number of nitrogens with zero attached hydrogens (tertiary/aromatic N) is 1. The Labute approximate surface area is 119 Å². The van der Waals surface area contributed by atoms with E-state index in [4.69, 9.17) is 10.5 Å². The fourth-order valence-corrected chi connectivity index (χ4v) is 2.67. The van der Waals surface area contributed by atoms with E-state index in [0.717, 1.165) is 0 Å². The lowest BCUT2D eigenvalue weighted by atomic mass is 9.92. The van der Waals surface area contributed by atoms with E-state index in [2.05, 4.69) is 0 Å². The standard InChI is InChI=1S/C14H26F2N2O2/c1-12(2,3)20-11(19)18-8-10(6-13(18,4)5)7-14(15,16)9-17/h10H,6-9,17H2,1-5H3/t10-/m0/s1. The van der Waals surface area contributed by atoms with Gasteiger partial charge in [-0.25, -0.2) is 13.6 Å². The summed E-state index contributed by atoms with van der Waals surface area (Å²) in [5.74, 6) is -3.12. The van der Waals surface area contributed by atoms with Crippen LogP contribution in [0.2, 0.25) is 0 Å². The molecule has 0 bridgehead atoms. The molecule has 0 saturated carbocycles. The van der Waals surface area contributed by atoms with Gasteiger partial charge in [-0.2, -0.15) is 0 Å². The predicted molar refractivity (Wildman–Crippen MR) is 73.7 cm³/mol. The van der Waals surface area contributed by atoms with Crippen LogP contribution in [0, 0.1) is 5.92 Å². The minimum Gasteiger partial charge on any atom is -0.444 e. The molecule has 6 heteroatoms. The Kier molecular flexibility index (Phi) is 4.69. The van der Waals surface area contributed by atoms with Crippen LogP contribution in [0.1, 0.15) is 47.5 Å². The van der Waals surface area contributed by atoms with Crippen molar-refractivity contribution >= 4 is 6.09 Å². The van der Waals surface area contributed by atoms with Gasteiger partial charge in [-0.3, -0.25) is 0 Å². The van der Waals surface area contributed by atoms with Crippen molar-refractivity contribution in [1.82, 2.24) is 4.90 Å². The number of halogens is 2. The third-order valence-electron chi connectivity index (χ3n) is 3.46. The van der Waals surface area contributed by atoms with E-state index >= 15 is 0 Å². The minimum absolute atomic E-state index is 0.254. The highest BCUT2D eigenvalue weighted by Crippen LogP contribution is 2.38. The molecule has 1 fully saturated rings. The fourth-order valence-electron chi connectivity index (χ4n) is 2.67.